The Bertz CT molecular complexity index is 303. The summed E-state index contributed by atoms with van der Waals surface area (Å²) in [5.41, 5.74) is 0. The van der Waals surface area contributed by atoms with E-state index in [1.165, 1.54) is 0 Å². The van der Waals surface area contributed by atoms with E-state index in [9.17, 15) is 9.59 Å². The lowest BCUT2D eigenvalue weighted by Crippen LogP contribution is -2.45. The van der Waals surface area contributed by atoms with Crippen LogP contribution in [0.3, 0.4) is 0 Å². The molecule has 0 aromatic heterocycles. The van der Waals surface area contributed by atoms with Gasteiger partial charge < -0.3 is 15.3 Å². The Morgan fingerprint density at radius 3 is 2.44 bits per heavy atom. The molecule has 0 bridgehead atoms. The van der Waals surface area contributed by atoms with Crippen molar-refractivity contribution in [3.63, 3.8) is 0 Å². The fourth-order valence-electron chi connectivity index (χ4n) is 2.47. The van der Waals surface area contributed by atoms with Gasteiger partial charge in [-0.2, -0.15) is 0 Å². The van der Waals surface area contributed by atoms with Crippen LogP contribution in [0.4, 0.5) is 4.79 Å². The minimum atomic E-state index is -0.808. The van der Waals surface area contributed by atoms with Gasteiger partial charge in [0.1, 0.15) is 0 Å². The molecular weight excluding hydrogens is 232 g/mol. The average molecular weight is 256 g/mol. The lowest BCUT2D eigenvalue weighted by molar-refractivity contribution is -0.142. The summed E-state index contributed by atoms with van der Waals surface area (Å²) in [6, 6.07) is -0.345. The van der Waals surface area contributed by atoms with Gasteiger partial charge in [0.2, 0.25) is 0 Å². The van der Waals surface area contributed by atoms with Crippen molar-refractivity contribution in [1.29, 1.82) is 0 Å². The van der Waals surface area contributed by atoms with E-state index >= 15 is 0 Å². The number of urea groups is 1. The van der Waals surface area contributed by atoms with E-state index < -0.39 is 11.9 Å². The zero-order valence-corrected chi connectivity index (χ0v) is 11.5. The van der Waals surface area contributed by atoms with Gasteiger partial charge >= 0.3 is 12.0 Å². The van der Waals surface area contributed by atoms with Crippen LogP contribution < -0.4 is 5.32 Å². The minimum absolute atomic E-state index is 0.127. The molecule has 0 aromatic carbocycles. The first-order valence-electron chi connectivity index (χ1n) is 6.78. The van der Waals surface area contributed by atoms with E-state index in [-0.39, 0.29) is 12.1 Å². The van der Waals surface area contributed by atoms with Crippen molar-refractivity contribution >= 4 is 12.0 Å². The number of amides is 2. The molecule has 0 spiro atoms. The molecule has 0 radical (unpaired) electrons. The third-order valence-electron chi connectivity index (χ3n) is 4.03. The van der Waals surface area contributed by atoms with E-state index in [0.29, 0.717) is 25.4 Å². The third-order valence-corrected chi connectivity index (χ3v) is 4.03. The number of carboxylic acid groups (broad SMARTS) is 1. The van der Waals surface area contributed by atoms with Gasteiger partial charge in [-0.15, -0.1) is 0 Å². The van der Waals surface area contributed by atoms with E-state index in [1.807, 2.05) is 6.92 Å². The fourth-order valence-corrected chi connectivity index (χ4v) is 2.47. The van der Waals surface area contributed by atoms with Gasteiger partial charge in [0.05, 0.1) is 5.92 Å². The molecule has 104 valence electrons. The van der Waals surface area contributed by atoms with Gasteiger partial charge in [-0.25, -0.2) is 4.79 Å². The Morgan fingerprint density at radius 1 is 1.39 bits per heavy atom. The molecule has 1 saturated heterocycles. The number of carboxylic acids is 1. The number of nitrogens with zero attached hydrogens (tertiary/aromatic N) is 1. The maximum absolute atomic E-state index is 12.0. The first kappa shape index (κ1) is 14.8. The van der Waals surface area contributed by atoms with Crippen LogP contribution in [0.5, 0.6) is 0 Å². The second-order valence-corrected chi connectivity index (χ2v) is 5.04. The quantitative estimate of drug-likeness (QED) is 0.789. The zero-order chi connectivity index (χ0) is 13.7. The molecule has 1 aliphatic rings. The van der Waals surface area contributed by atoms with E-state index in [1.54, 1.807) is 4.90 Å². The highest BCUT2D eigenvalue weighted by Crippen LogP contribution is 2.24. The molecule has 2 N–H and O–H groups in total. The van der Waals surface area contributed by atoms with Crippen molar-refractivity contribution in [3.05, 3.63) is 0 Å². The summed E-state index contributed by atoms with van der Waals surface area (Å²) >= 11 is 0. The van der Waals surface area contributed by atoms with Crippen molar-refractivity contribution in [2.45, 2.75) is 46.1 Å². The lowest BCUT2D eigenvalue weighted by atomic mass is 10.0. The minimum Gasteiger partial charge on any atom is -0.481 e. The number of hydrogen-bond donors (Lipinski definition) is 2. The molecule has 2 atom stereocenters. The Kier molecular flexibility index (Phi) is 5.44. The Balaban J connectivity index is 2.46. The smallest absolute Gasteiger partial charge is 0.317 e. The zero-order valence-electron chi connectivity index (χ0n) is 11.5. The van der Waals surface area contributed by atoms with Crippen molar-refractivity contribution < 1.29 is 14.7 Å². The summed E-state index contributed by atoms with van der Waals surface area (Å²) in [5.74, 6) is -0.733. The highest BCUT2D eigenvalue weighted by molar-refractivity contribution is 5.78. The maximum Gasteiger partial charge on any atom is 0.317 e. The van der Waals surface area contributed by atoms with Crippen molar-refractivity contribution in [2.75, 3.05) is 13.1 Å². The predicted molar refractivity (Wildman–Crippen MR) is 69.4 cm³/mol. The van der Waals surface area contributed by atoms with Crippen LogP contribution in [-0.4, -0.2) is 41.1 Å². The molecular formula is C13H24N2O3. The summed E-state index contributed by atoms with van der Waals surface area (Å²) in [6.07, 6.45) is 2.64. The molecule has 18 heavy (non-hydrogen) atoms. The molecule has 2 amide bonds. The average Bonchev–Trinajstić information content (AvgIpc) is 2.72. The summed E-state index contributed by atoms with van der Waals surface area (Å²) in [6.45, 7) is 7.24. The molecule has 0 aromatic rings. The summed E-state index contributed by atoms with van der Waals surface area (Å²) in [7, 11) is 0. The van der Waals surface area contributed by atoms with Crippen LogP contribution >= 0.6 is 0 Å². The lowest BCUT2D eigenvalue weighted by Gasteiger charge is -2.24. The van der Waals surface area contributed by atoms with Crippen molar-refractivity contribution in [3.8, 4) is 0 Å². The van der Waals surface area contributed by atoms with Crippen molar-refractivity contribution in [2.24, 2.45) is 11.8 Å². The van der Waals surface area contributed by atoms with E-state index in [2.05, 4.69) is 19.2 Å². The van der Waals surface area contributed by atoms with Gasteiger partial charge in [0, 0.05) is 19.1 Å². The molecule has 1 aliphatic heterocycles. The molecule has 1 fully saturated rings. The van der Waals surface area contributed by atoms with E-state index in [0.717, 1.165) is 12.8 Å². The second kappa shape index (κ2) is 6.61. The molecule has 0 saturated carbocycles. The first-order chi connectivity index (χ1) is 8.51. The fraction of sp³-hybridized carbons (Fsp3) is 0.846. The largest absolute Gasteiger partial charge is 0.481 e. The molecule has 5 nitrogen and oxygen atoms in total. The topological polar surface area (TPSA) is 69.6 Å². The van der Waals surface area contributed by atoms with Gasteiger partial charge in [-0.05, 0) is 19.3 Å². The second-order valence-electron chi connectivity index (χ2n) is 5.04. The molecule has 1 rings (SSSR count). The summed E-state index contributed by atoms with van der Waals surface area (Å²) in [4.78, 5) is 24.6. The van der Waals surface area contributed by atoms with E-state index in [4.69, 9.17) is 5.11 Å². The number of rotatable bonds is 5. The monoisotopic (exact) mass is 256 g/mol. The van der Waals surface area contributed by atoms with Crippen LogP contribution in [0.2, 0.25) is 0 Å². The number of carbonyl (C=O) groups excluding carboxylic acids is 1. The Labute approximate surface area is 109 Å². The van der Waals surface area contributed by atoms with Gasteiger partial charge in [0.25, 0.3) is 0 Å². The maximum atomic E-state index is 12.0. The van der Waals surface area contributed by atoms with Crippen molar-refractivity contribution in [1.82, 2.24) is 10.2 Å². The molecule has 5 heteroatoms. The van der Waals surface area contributed by atoms with Crippen LogP contribution in [0, 0.1) is 11.8 Å². The van der Waals surface area contributed by atoms with Crippen LogP contribution in [0.1, 0.15) is 40.0 Å². The number of hydrogen-bond acceptors (Lipinski definition) is 2. The number of aliphatic carboxylic acids is 1. The number of carbonyl (C=O) groups is 2. The van der Waals surface area contributed by atoms with Gasteiger partial charge in [-0.3, -0.25) is 4.79 Å². The number of likely N-dealkylation sites (tertiary alicyclic amines) is 1. The first-order valence-corrected chi connectivity index (χ1v) is 6.78. The van der Waals surface area contributed by atoms with Gasteiger partial charge in [0.15, 0.2) is 0 Å². The highest BCUT2D eigenvalue weighted by Gasteiger charge is 2.38. The highest BCUT2D eigenvalue weighted by atomic mass is 16.4. The van der Waals surface area contributed by atoms with Crippen LogP contribution in [0.15, 0.2) is 0 Å². The van der Waals surface area contributed by atoms with Crippen LogP contribution in [0.25, 0.3) is 0 Å². The SMILES string of the molecule is CCC(CC)CNC(=O)N1CCC(C(=O)O)C1C. The molecule has 0 aliphatic carbocycles. The normalized spacial score (nSPS) is 23.4. The molecule has 1 heterocycles. The predicted octanol–water partition coefficient (Wildman–Crippen LogP) is 1.93. The summed E-state index contributed by atoms with van der Waals surface area (Å²) < 4.78 is 0. The van der Waals surface area contributed by atoms with Crippen LogP contribution in [-0.2, 0) is 4.79 Å². The molecule has 2 unspecified atom stereocenters. The Hall–Kier alpha value is -1.26. The summed E-state index contributed by atoms with van der Waals surface area (Å²) in [5, 5.41) is 11.9. The Morgan fingerprint density at radius 2 is 2.00 bits per heavy atom. The standard InChI is InChI=1S/C13H24N2O3/c1-4-10(5-2)8-14-13(18)15-7-6-11(9(15)3)12(16)17/h9-11H,4-8H2,1-3H3,(H,14,18)(H,16,17). The number of nitrogens with one attached hydrogen (secondary N) is 1. The van der Waals surface area contributed by atoms with Gasteiger partial charge in [-0.1, -0.05) is 26.7 Å². The third kappa shape index (κ3) is 3.37.